The van der Waals surface area contributed by atoms with E-state index in [1.165, 1.54) is 0 Å². The highest BCUT2D eigenvalue weighted by molar-refractivity contribution is 5.74. The number of ether oxygens (including phenoxy) is 1. The number of nitrogens with zero attached hydrogens (tertiary/aromatic N) is 4. The van der Waals surface area contributed by atoms with Crippen molar-refractivity contribution in [1.82, 2.24) is 9.38 Å². The van der Waals surface area contributed by atoms with E-state index in [0.717, 1.165) is 16.9 Å². The summed E-state index contributed by atoms with van der Waals surface area (Å²) in [7, 11) is 0. The predicted octanol–water partition coefficient (Wildman–Crippen LogP) is 4.16. The molecule has 0 fully saturated rings. The number of azo groups is 1. The number of hydrogen-bond acceptors (Lipinski definition) is 5. The van der Waals surface area contributed by atoms with Gasteiger partial charge in [0.1, 0.15) is 5.65 Å². The van der Waals surface area contributed by atoms with Crippen molar-refractivity contribution in [2.24, 2.45) is 10.2 Å². The van der Waals surface area contributed by atoms with Crippen molar-refractivity contribution in [3.63, 3.8) is 0 Å². The fourth-order valence-corrected chi connectivity index (χ4v) is 2.41. The van der Waals surface area contributed by atoms with E-state index in [1.54, 1.807) is 6.92 Å². The Hall–Kier alpha value is -3.02. The molecule has 6 nitrogen and oxygen atoms in total. The van der Waals surface area contributed by atoms with Crippen molar-refractivity contribution in [3.05, 3.63) is 59.9 Å². The molecule has 0 atom stereocenters. The SMILES string of the molecule is CCOC(=O)Cc1nc2c(C)cccn2c1N=Nc1ccccc1. The van der Waals surface area contributed by atoms with Crippen LogP contribution >= 0.6 is 0 Å². The molecule has 0 amide bonds. The first-order valence-corrected chi connectivity index (χ1v) is 7.78. The second-order valence-corrected chi connectivity index (χ2v) is 5.28. The summed E-state index contributed by atoms with van der Waals surface area (Å²) < 4.78 is 6.87. The molecule has 0 N–H and O–H groups in total. The molecule has 0 aliphatic heterocycles. The van der Waals surface area contributed by atoms with Crippen molar-refractivity contribution < 1.29 is 9.53 Å². The molecular formula is C18H18N4O2. The third kappa shape index (κ3) is 3.32. The van der Waals surface area contributed by atoms with Crippen molar-refractivity contribution >= 4 is 23.1 Å². The number of hydrogen-bond donors (Lipinski definition) is 0. The van der Waals surface area contributed by atoms with E-state index in [-0.39, 0.29) is 12.4 Å². The zero-order valence-corrected chi connectivity index (χ0v) is 13.6. The van der Waals surface area contributed by atoms with Crippen molar-refractivity contribution in [1.29, 1.82) is 0 Å². The van der Waals surface area contributed by atoms with Crippen LogP contribution in [-0.2, 0) is 16.0 Å². The number of esters is 1. The maximum absolute atomic E-state index is 11.9. The summed E-state index contributed by atoms with van der Waals surface area (Å²) in [6.45, 7) is 4.09. The van der Waals surface area contributed by atoms with Crippen LogP contribution in [0.1, 0.15) is 18.2 Å². The van der Waals surface area contributed by atoms with Gasteiger partial charge in [-0.1, -0.05) is 24.3 Å². The Morgan fingerprint density at radius 3 is 2.71 bits per heavy atom. The third-order valence-corrected chi connectivity index (χ3v) is 3.52. The molecule has 2 heterocycles. The third-order valence-electron chi connectivity index (χ3n) is 3.52. The summed E-state index contributed by atoms with van der Waals surface area (Å²) in [5.41, 5.74) is 3.06. The molecule has 0 radical (unpaired) electrons. The largest absolute Gasteiger partial charge is 0.466 e. The van der Waals surface area contributed by atoms with Crippen LogP contribution in [0.25, 0.3) is 5.65 Å². The van der Waals surface area contributed by atoms with Gasteiger partial charge in [-0.15, -0.1) is 10.2 Å². The Balaban J connectivity index is 2.04. The molecule has 2 aromatic heterocycles. The van der Waals surface area contributed by atoms with Gasteiger partial charge >= 0.3 is 5.97 Å². The van der Waals surface area contributed by atoms with Crippen LogP contribution < -0.4 is 0 Å². The number of imidazole rings is 1. The monoisotopic (exact) mass is 322 g/mol. The van der Waals surface area contributed by atoms with Crippen LogP contribution in [-0.4, -0.2) is 22.0 Å². The zero-order valence-electron chi connectivity index (χ0n) is 13.6. The Morgan fingerprint density at radius 2 is 1.96 bits per heavy atom. The van der Waals surface area contributed by atoms with Gasteiger partial charge in [-0.25, -0.2) is 4.98 Å². The minimum Gasteiger partial charge on any atom is -0.466 e. The van der Waals surface area contributed by atoms with Gasteiger partial charge in [0.25, 0.3) is 0 Å². The minimum atomic E-state index is -0.324. The minimum absolute atomic E-state index is 0.0676. The molecule has 6 heteroatoms. The first kappa shape index (κ1) is 15.9. The molecule has 3 aromatic rings. The topological polar surface area (TPSA) is 68.3 Å². The molecule has 1 aromatic carbocycles. The predicted molar refractivity (Wildman–Crippen MR) is 90.9 cm³/mol. The van der Waals surface area contributed by atoms with Gasteiger partial charge in [-0.2, -0.15) is 0 Å². The summed E-state index contributed by atoms with van der Waals surface area (Å²) in [5, 5.41) is 8.59. The van der Waals surface area contributed by atoms with Gasteiger partial charge in [-0.3, -0.25) is 9.20 Å². The fraction of sp³-hybridized carbons (Fsp3) is 0.222. The van der Waals surface area contributed by atoms with Crippen LogP contribution in [0, 0.1) is 6.92 Å². The number of carbonyl (C=O) groups excluding carboxylic acids is 1. The highest BCUT2D eigenvalue weighted by atomic mass is 16.5. The van der Waals surface area contributed by atoms with Gasteiger partial charge in [0.2, 0.25) is 0 Å². The van der Waals surface area contributed by atoms with Gasteiger partial charge < -0.3 is 4.74 Å². The first-order valence-electron chi connectivity index (χ1n) is 7.78. The Bertz CT molecular complexity index is 885. The van der Waals surface area contributed by atoms with E-state index in [0.29, 0.717) is 18.1 Å². The number of aryl methyl sites for hydroxylation is 1. The standard InChI is InChI=1S/C18H18N4O2/c1-3-24-16(23)12-15-18(21-20-14-9-5-4-6-10-14)22-11-7-8-13(2)17(22)19-15/h4-11H,3,12H2,1-2H3. The molecule has 24 heavy (non-hydrogen) atoms. The molecule has 122 valence electrons. The number of fused-ring (bicyclic) bond motifs is 1. The van der Waals surface area contributed by atoms with Crippen LogP contribution in [0.5, 0.6) is 0 Å². The second kappa shape index (κ2) is 7.04. The van der Waals surface area contributed by atoms with Gasteiger partial charge in [0.15, 0.2) is 5.82 Å². The van der Waals surface area contributed by atoms with Gasteiger partial charge in [0, 0.05) is 6.20 Å². The van der Waals surface area contributed by atoms with E-state index in [1.807, 2.05) is 60.0 Å². The normalized spacial score (nSPS) is 11.2. The zero-order chi connectivity index (χ0) is 16.9. The van der Waals surface area contributed by atoms with E-state index >= 15 is 0 Å². The van der Waals surface area contributed by atoms with Crippen molar-refractivity contribution in [2.45, 2.75) is 20.3 Å². The van der Waals surface area contributed by atoms with E-state index in [4.69, 9.17) is 4.74 Å². The van der Waals surface area contributed by atoms with E-state index < -0.39 is 0 Å². The number of carbonyl (C=O) groups is 1. The fourth-order valence-electron chi connectivity index (χ4n) is 2.41. The van der Waals surface area contributed by atoms with Gasteiger partial charge in [0.05, 0.1) is 24.4 Å². The number of benzene rings is 1. The number of pyridine rings is 1. The number of rotatable bonds is 5. The van der Waals surface area contributed by atoms with E-state index in [9.17, 15) is 4.79 Å². The smallest absolute Gasteiger partial charge is 0.312 e. The average Bonchev–Trinajstić information content (AvgIpc) is 2.93. The van der Waals surface area contributed by atoms with Gasteiger partial charge in [-0.05, 0) is 37.6 Å². The molecule has 0 aliphatic carbocycles. The molecule has 0 unspecified atom stereocenters. The quantitative estimate of drug-likeness (QED) is 0.523. The highest BCUT2D eigenvalue weighted by Gasteiger charge is 2.17. The summed E-state index contributed by atoms with van der Waals surface area (Å²) >= 11 is 0. The summed E-state index contributed by atoms with van der Waals surface area (Å²) in [4.78, 5) is 16.4. The Kier molecular flexibility index (Phi) is 4.65. The average molecular weight is 322 g/mol. The molecule has 0 saturated heterocycles. The number of aromatic nitrogens is 2. The maximum Gasteiger partial charge on any atom is 0.312 e. The summed E-state index contributed by atoms with van der Waals surface area (Å²) in [5.74, 6) is 0.223. The lowest BCUT2D eigenvalue weighted by Crippen LogP contribution is -2.07. The lowest BCUT2D eigenvalue weighted by Gasteiger charge is -2.00. The molecular weight excluding hydrogens is 304 g/mol. The first-order chi connectivity index (χ1) is 11.7. The molecule has 0 saturated carbocycles. The van der Waals surface area contributed by atoms with E-state index in [2.05, 4.69) is 15.2 Å². The molecule has 0 spiro atoms. The lowest BCUT2D eigenvalue weighted by atomic mass is 10.3. The van der Waals surface area contributed by atoms with Crippen LogP contribution in [0.2, 0.25) is 0 Å². The lowest BCUT2D eigenvalue weighted by molar-refractivity contribution is -0.142. The Labute approximate surface area is 139 Å². The second-order valence-electron chi connectivity index (χ2n) is 5.28. The molecule has 0 aliphatic rings. The molecule has 0 bridgehead atoms. The highest BCUT2D eigenvalue weighted by Crippen LogP contribution is 2.26. The van der Waals surface area contributed by atoms with Crippen LogP contribution in [0.4, 0.5) is 11.5 Å². The van der Waals surface area contributed by atoms with Crippen molar-refractivity contribution in [2.75, 3.05) is 6.61 Å². The summed E-state index contributed by atoms with van der Waals surface area (Å²) in [6.07, 6.45) is 1.93. The maximum atomic E-state index is 11.9. The molecule has 3 rings (SSSR count). The Morgan fingerprint density at radius 1 is 1.17 bits per heavy atom. The van der Waals surface area contributed by atoms with Crippen LogP contribution in [0.15, 0.2) is 58.9 Å². The summed E-state index contributed by atoms with van der Waals surface area (Å²) in [6, 6.07) is 13.3. The van der Waals surface area contributed by atoms with Crippen LogP contribution in [0.3, 0.4) is 0 Å². The van der Waals surface area contributed by atoms with Crippen molar-refractivity contribution in [3.8, 4) is 0 Å².